The predicted molar refractivity (Wildman–Crippen MR) is 101 cm³/mol. The first-order valence-electron chi connectivity index (χ1n) is 9.58. The van der Waals surface area contributed by atoms with E-state index in [9.17, 15) is 9.90 Å². The van der Waals surface area contributed by atoms with Crippen molar-refractivity contribution in [1.29, 1.82) is 0 Å². The molecular weight excluding hydrogens is 314 g/mol. The van der Waals surface area contributed by atoms with Crippen molar-refractivity contribution in [2.75, 3.05) is 0 Å². The minimum Gasteiger partial charge on any atom is -0.366 e. The Morgan fingerprint density at radius 3 is 2.52 bits per heavy atom. The Hall–Kier alpha value is -1.65. The van der Waals surface area contributed by atoms with E-state index >= 15 is 0 Å². The van der Waals surface area contributed by atoms with Crippen LogP contribution in [-0.2, 0) is 17.7 Å². The molecule has 25 heavy (non-hydrogen) atoms. The Bertz CT molecular complexity index is 781. The zero-order chi connectivity index (χ0) is 17.8. The molecule has 0 bridgehead atoms. The van der Waals surface area contributed by atoms with Gasteiger partial charge in [-0.1, -0.05) is 51.2 Å². The van der Waals surface area contributed by atoms with Crippen LogP contribution >= 0.6 is 0 Å². The molecule has 0 saturated carbocycles. The Morgan fingerprint density at radius 1 is 1.12 bits per heavy atom. The van der Waals surface area contributed by atoms with Gasteiger partial charge >= 0.3 is 0 Å². The summed E-state index contributed by atoms with van der Waals surface area (Å²) >= 11 is 0. The average molecular weight is 343 g/mol. The average Bonchev–Trinajstić information content (AvgIpc) is 3.32. The molecule has 4 heteroatoms. The van der Waals surface area contributed by atoms with Crippen molar-refractivity contribution < 1.29 is 9.84 Å². The standard InChI is InChI=1S/C21H29NO3/c1-3-4-5-6-7-8-12-17-15(2)20(23)16-11-9-10-13-18(16)22(17)14-19-21(24)25-19/h9-11,13,19,21,24H,3-8,12,14H2,1-2H3. The number of unbranched alkanes of at least 4 members (excludes halogenated alkanes) is 5. The Kier molecular flexibility index (Phi) is 5.92. The van der Waals surface area contributed by atoms with Gasteiger partial charge < -0.3 is 14.4 Å². The first kappa shape index (κ1) is 18.2. The van der Waals surface area contributed by atoms with Crippen LogP contribution < -0.4 is 5.43 Å². The van der Waals surface area contributed by atoms with Gasteiger partial charge in [-0.25, -0.2) is 0 Å². The maximum atomic E-state index is 12.7. The normalized spacial score (nSPS) is 19.5. The van der Waals surface area contributed by atoms with Crippen LogP contribution in [0.5, 0.6) is 0 Å². The predicted octanol–water partition coefficient (Wildman–Crippen LogP) is 3.93. The lowest BCUT2D eigenvalue weighted by atomic mass is 10.0. The van der Waals surface area contributed by atoms with Crippen LogP contribution in [0.4, 0.5) is 0 Å². The summed E-state index contributed by atoms with van der Waals surface area (Å²) in [6.45, 7) is 4.77. The number of benzene rings is 1. The van der Waals surface area contributed by atoms with Gasteiger partial charge in [0.2, 0.25) is 0 Å². The summed E-state index contributed by atoms with van der Waals surface area (Å²) in [5.74, 6) is 0. The molecule has 2 unspecified atom stereocenters. The van der Waals surface area contributed by atoms with Gasteiger partial charge in [0.05, 0.1) is 12.1 Å². The summed E-state index contributed by atoms with van der Waals surface area (Å²) in [5, 5.41) is 10.3. The summed E-state index contributed by atoms with van der Waals surface area (Å²) in [4.78, 5) is 12.7. The van der Waals surface area contributed by atoms with Gasteiger partial charge in [0, 0.05) is 16.6 Å². The highest BCUT2D eigenvalue weighted by Gasteiger charge is 2.37. The lowest BCUT2D eigenvalue weighted by molar-refractivity contribution is 0.156. The van der Waals surface area contributed by atoms with E-state index in [2.05, 4.69) is 11.5 Å². The monoisotopic (exact) mass is 343 g/mol. The van der Waals surface area contributed by atoms with E-state index in [0.29, 0.717) is 6.54 Å². The van der Waals surface area contributed by atoms with Crippen molar-refractivity contribution in [1.82, 2.24) is 4.57 Å². The van der Waals surface area contributed by atoms with E-state index in [1.807, 2.05) is 31.2 Å². The molecule has 2 aromatic rings. The molecule has 1 fully saturated rings. The van der Waals surface area contributed by atoms with Crippen molar-refractivity contribution in [3.63, 3.8) is 0 Å². The number of pyridine rings is 1. The topological polar surface area (TPSA) is 54.8 Å². The highest BCUT2D eigenvalue weighted by Crippen LogP contribution is 2.25. The smallest absolute Gasteiger partial charge is 0.192 e. The molecule has 2 atom stereocenters. The maximum Gasteiger partial charge on any atom is 0.192 e. The minimum atomic E-state index is -0.666. The molecule has 0 amide bonds. The number of hydrogen-bond donors (Lipinski definition) is 1. The summed E-state index contributed by atoms with van der Waals surface area (Å²) in [6, 6.07) is 7.76. The van der Waals surface area contributed by atoms with E-state index in [0.717, 1.165) is 35.0 Å². The first-order chi connectivity index (χ1) is 12.1. The Labute approximate surface area is 149 Å². The number of aliphatic hydroxyl groups is 1. The summed E-state index contributed by atoms with van der Waals surface area (Å²) in [6.07, 6.45) is 7.48. The quantitative estimate of drug-likeness (QED) is 0.554. The van der Waals surface area contributed by atoms with Gasteiger partial charge in [-0.3, -0.25) is 4.79 Å². The van der Waals surface area contributed by atoms with Gasteiger partial charge in [-0.15, -0.1) is 0 Å². The summed E-state index contributed by atoms with van der Waals surface area (Å²) < 4.78 is 7.41. The van der Waals surface area contributed by atoms with Crippen LogP contribution in [0.25, 0.3) is 10.9 Å². The molecule has 0 radical (unpaired) electrons. The van der Waals surface area contributed by atoms with E-state index in [1.54, 1.807) is 0 Å². The lowest BCUT2D eigenvalue weighted by Gasteiger charge is -2.19. The van der Waals surface area contributed by atoms with E-state index in [4.69, 9.17) is 4.74 Å². The third kappa shape index (κ3) is 4.13. The van der Waals surface area contributed by atoms with E-state index < -0.39 is 6.29 Å². The zero-order valence-electron chi connectivity index (χ0n) is 15.3. The van der Waals surface area contributed by atoms with E-state index in [-0.39, 0.29) is 11.5 Å². The highest BCUT2D eigenvalue weighted by atomic mass is 16.7. The number of ether oxygens (including phenoxy) is 1. The highest BCUT2D eigenvalue weighted by molar-refractivity contribution is 5.80. The molecule has 0 aliphatic carbocycles. The van der Waals surface area contributed by atoms with Crippen molar-refractivity contribution in [2.45, 2.75) is 77.7 Å². The first-order valence-corrected chi connectivity index (χ1v) is 9.58. The number of epoxide rings is 1. The Balaban J connectivity index is 1.85. The molecule has 1 aliphatic heterocycles. The summed E-state index contributed by atoms with van der Waals surface area (Å²) in [7, 11) is 0. The van der Waals surface area contributed by atoms with Crippen molar-refractivity contribution >= 4 is 10.9 Å². The van der Waals surface area contributed by atoms with Crippen LogP contribution in [0.3, 0.4) is 0 Å². The fourth-order valence-corrected chi connectivity index (χ4v) is 3.63. The summed E-state index contributed by atoms with van der Waals surface area (Å²) in [5.41, 5.74) is 3.01. The van der Waals surface area contributed by atoms with Gasteiger partial charge in [-0.2, -0.15) is 0 Å². The van der Waals surface area contributed by atoms with Crippen molar-refractivity contribution in [3.05, 3.63) is 45.7 Å². The third-order valence-electron chi connectivity index (χ3n) is 5.22. The molecule has 1 aliphatic rings. The van der Waals surface area contributed by atoms with Crippen molar-refractivity contribution in [2.24, 2.45) is 0 Å². The molecule has 1 aromatic heterocycles. The third-order valence-corrected chi connectivity index (χ3v) is 5.22. The number of rotatable bonds is 9. The molecule has 4 nitrogen and oxygen atoms in total. The molecular formula is C21H29NO3. The van der Waals surface area contributed by atoms with Crippen molar-refractivity contribution in [3.8, 4) is 0 Å². The number of aliphatic hydroxyl groups excluding tert-OH is 1. The molecule has 1 saturated heterocycles. The molecule has 1 N–H and O–H groups in total. The van der Waals surface area contributed by atoms with Crippen LogP contribution in [-0.4, -0.2) is 22.1 Å². The maximum absolute atomic E-state index is 12.7. The van der Waals surface area contributed by atoms with Gasteiger partial charge in [0.25, 0.3) is 0 Å². The van der Waals surface area contributed by atoms with Gasteiger partial charge in [0.15, 0.2) is 11.7 Å². The van der Waals surface area contributed by atoms with Gasteiger partial charge in [-0.05, 0) is 31.9 Å². The molecule has 2 heterocycles. The number of fused-ring (bicyclic) bond motifs is 1. The SMILES string of the molecule is CCCCCCCCc1c(C)c(=O)c2ccccc2n1CC1OC1O. The fraction of sp³-hybridized carbons (Fsp3) is 0.571. The molecule has 1 aromatic carbocycles. The van der Waals surface area contributed by atoms with Crippen LogP contribution in [0, 0.1) is 6.92 Å². The number of para-hydroxylation sites is 1. The van der Waals surface area contributed by atoms with Crippen LogP contribution in [0.1, 0.15) is 56.7 Å². The molecule has 3 rings (SSSR count). The minimum absolute atomic E-state index is 0.130. The number of nitrogens with zero attached hydrogens (tertiary/aromatic N) is 1. The zero-order valence-corrected chi connectivity index (χ0v) is 15.3. The fourth-order valence-electron chi connectivity index (χ4n) is 3.63. The second-order valence-corrected chi connectivity index (χ2v) is 7.11. The number of aromatic nitrogens is 1. The second kappa shape index (κ2) is 8.15. The molecule has 136 valence electrons. The van der Waals surface area contributed by atoms with Crippen LogP contribution in [0.2, 0.25) is 0 Å². The number of hydrogen-bond acceptors (Lipinski definition) is 3. The molecule has 0 spiro atoms. The van der Waals surface area contributed by atoms with Gasteiger partial charge in [0.1, 0.15) is 6.10 Å². The van der Waals surface area contributed by atoms with E-state index in [1.165, 1.54) is 32.1 Å². The van der Waals surface area contributed by atoms with Crippen LogP contribution in [0.15, 0.2) is 29.1 Å². The Morgan fingerprint density at radius 2 is 1.80 bits per heavy atom. The largest absolute Gasteiger partial charge is 0.366 e. The second-order valence-electron chi connectivity index (χ2n) is 7.11. The lowest BCUT2D eigenvalue weighted by Crippen LogP contribution is -2.21.